The van der Waals surface area contributed by atoms with Gasteiger partial charge >= 0.3 is 6.03 Å². The van der Waals surface area contributed by atoms with Gasteiger partial charge in [-0.3, -0.25) is 0 Å². The number of morpholine rings is 1. The first-order valence-corrected chi connectivity index (χ1v) is 12.9. The van der Waals surface area contributed by atoms with E-state index in [-0.39, 0.29) is 24.8 Å². The zero-order chi connectivity index (χ0) is 25.9. The van der Waals surface area contributed by atoms with Crippen LogP contribution in [-0.2, 0) is 11.3 Å². The van der Waals surface area contributed by atoms with Crippen molar-refractivity contribution in [2.45, 2.75) is 31.7 Å². The third kappa shape index (κ3) is 5.37. The number of nitrogens with zero attached hydrogens (tertiary/aromatic N) is 3. The summed E-state index contributed by atoms with van der Waals surface area (Å²) < 4.78 is 6.04. The first kappa shape index (κ1) is 24.1. The molecule has 8 nitrogen and oxygen atoms in total. The fourth-order valence-electron chi connectivity index (χ4n) is 4.97. The molecule has 0 radical (unpaired) electrons. The van der Waals surface area contributed by atoms with Gasteiger partial charge in [0.15, 0.2) is 5.82 Å². The number of rotatable bonds is 6. The monoisotopic (exact) mass is 507 g/mol. The molecule has 3 aromatic carbocycles. The van der Waals surface area contributed by atoms with Crippen LogP contribution in [0.1, 0.15) is 18.4 Å². The summed E-state index contributed by atoms with van der Waals surface area (Å²) in [5, 5.41) is 14.8. The van der Waals surface area contributed by atoms with Crippen LogP contribution < -0.4 is 15.5 Å². The van der Waals surface area contributed by atoms with Gasteiger partial charge in [-0.05, 0) is 54.8 Å². The molecule has 3 N–H and O–H groups in total. The van der Waals surface area contributed by atoms with Gasteiger partial charge in [-0.25, -0.2) is 14.8 Å². The Morgan fingerprint density at radius 2 is 1.47 bits per heavy atom. The number of fused-ring (bicyclic) bond motifs is 2. The van der Waals surface area contributed by atoms with Crippen LogP contribution in [0.15, 0.2) is 84.9 Å². The number of aliphatic hydroxyl groups excluding tert-OH is 1. The predicted molar refractivity (Wildman–Crippen MR) is 148 cm³/mol. The Balaban J connectivity index is 1.22. The summed E-state index contributed by atoms with van der Waals surface area (Å²) in [6, 6.07) is 26.4. The summed E-state index contributed by atoms with van der Waals surface area (Å²) in [4.78, 5) is 24.6. The van der Waals surface area contributed by atoms with Crippen molar-refractivity contribution in [3.8, 4) is 22.6 Å². The van der Waals surface area contributed by atoms with Gasteiger partial charge in [0.1, 0.15) is 5.82 Å². The number of urea groups is 1. The number of benzene rings is 3. The average Bonchev–Trinajstić information content (AvgIpc) is 3.31. The van der Waals surface area contributed by atoms with Gasteiger partial charge in [-0.2, -0.15) is 0 Å². The molecule has 2 atom stereocenters. The minimum atomic E-state index is -0.346. The van der Waals surface area contributed by atoms with Crippen LogP contribution in [0.25, 0.3) is 22.6 Å². The summed E-state index contributed by atoms with van der Waals surface area (Å²) in [5.74, 6) is 1.54. The molecule has 4 aromatic rings. The number of hydrogen-bond donors (Lipinski definition) is 3. The topological polar surface area (TPSA) is 99.6 Å². The average molecular weight is 508 g/mol. The Kier molecular flexibility index (Phi) is 6.73. The van der Waals surface area contributed by atoms with Gasteiger partial charge in [-0.15, -0.1) is 0 Å². The lowest BCUT2D eigenvalue weighted by molar-refractivity contribution is 0.0302. The molecule has 3 heterocycles. The first-order chi connectivity index (χ1) is 18.6. The predicted octanol–water partition coefficient (Wildman–Crippen LogP) is 5.31. The molecule has 2 saturated heterocycles. The number of aliphatic hydroxyl groups is 1. The van der Waals surface area contributed by atoms with Crippen LogP contribution in [0.5, 0.6) is 0 Å². The number of hydrogen-bond acceptors (Lipinski definition) is 6. The summed E-state index contributed by atoms with van der Waals surface area (Å²) in [7, 11) is 0. The number of ether oxygens (including phenoxy) is 1. The second kappa shape index (κ2) is 10.6. The second-order valence-corrected chi connectivity index (χ2v) is 9.67. The second-order valence-electron chi connectivity index (χ2n) is 9.67. The van der Waals surface area contributed by atoms with Crippen molar-refractivity contribution in [3.05, 3.63) is 90.5 Å². The molecule has 2 fully saturated rings. The number of carbonyl (C=O) groups excluding carboxylic acids is 1. The highest BCUT2D eigenvalue weighted by Gasteiger charge is 2.34. The van der Waals surface area contributed by atoms with Crippen molar-refractivity contribution < 1.29 is 14.6 Å². The number of carbonyl (C=O) groups is 1. The first-order valence-electron chi connectivity index (χ1n) is 12.9. The molecule has 2 aliphatic heterocycles. The minimum Gasteiger partial charge on any atom is -0.392 e. The van der Waals surface area contributed by atoms with Gasteiger partial charge in [0.25, 0.3) is 0 Å². The van der Waals surface area contributed by atoms with Crippen LogP contribution in [0.3, 0.4) is 0 Å². The van der Waals surface area contributed by atoms with Crippen molar-refractivity contribution >= 4 is 23.2 Å². The molecule has 0 saturated carbocycles. The van der Waals surface area contributed by atoms with Gasteiger partial charge in [0.2, 0.25) is 0 Å². The van der Waals surface area contributed by atoms with E-state index in [1.54, 1.807) is 24.3 Å². The molecule has 0 aliphatic carbocycles. The molecular formula is C30H29N5O3. The maximum Gasteiger partial charge on any atom is 0.323 e. The van der Waals surface area contributed by atoms with E-state index in [0.717, 1.165) is 54.1 Å². The highest BCUT2D eigenvalue weighted by atomic mass is 16.5. The smallest absolute Gasteiger partial charge is 0.323 e. The van der Waals surface area contributed by atoms with Crippen LogP contribution in [0.4, 0.5) is 22.0 Å². The molecule has 192 valence electrons. The molecule has 2 aliphatic rings. The lowest BCUT2D eigenvalue weighted by Crippen LogP contribution is -2.43. The Labute approximate surface area is 221 Å². The Morgan fingerprint density at radius 3 is 2.11 bits per heavy atom. The van der Waals surface area contributed by atoms with Crippen molar-refractivity contribution in [2.24, 2.45) is 0 Å². The standard InChI is InChI=1S/C30H29N5O3/c36-19-20-6-10-23(11-7-20)31-30(37)32-24-12-8-22(9-13-24)29-33-27(21-4-2-1-3-5-21)16-28(34-29)35-17-25-14-15-26(18-35)38-25/h1-13,16,25-26,36H,14-15,17-19H2,(H2,31,32,37). The Morgan fingerprint density at radius 1 is 0.842 bits per heavy atom. The lowest BCUT2D eigenvalue weighted by Gasteiger charge is -2.33. The van der Waals surface area contributed by atoms with Crippen molar-refractivity contribution in [3.63, 3.8) is 0 Å². The zero-order valence-corrected chi connectivity index (χ0v) is 20.9. The summed E-state index contributed by atoms with van der Waals surface area (Å²) in [6.07, 6.45) is 2.72. The van der Waals surface area contributed by atoms with Gasteiger partial charge in [0.05, 0.1) is 24.5 Å². The zero-order valence-electron chi connectivity index (χ0n) is 20.9. The van der Waals surface area contributed by atoms with Crippen LogP contribution >= 0.6 is 0 Å². The molecule has 2 unspecified atom stereocenters. The van der Waals surface area contributed by atoms with Gasteiger partial charge < -0.3 is 25.4 Å². The van der Waals surface area contributed by atoms with Crippen molar-refractivity contribution in [1.29, 1.82) is 0 Å². The van der Waals surface area contributed by atoms with Crippen molar-refractivity contribution in [2.75, 3.05) is 28.6 Å². The maximum atomic E-state index is 12.5. The molecule has 2 bridgehead atoms. The van der Waals surface area contributed by atoms with E-state index in [2.05, 4.69) is 33.7 Å². The third-order valence-electron chi connectivity index (χ3n) is 6.95. The van der Waals surface area contributed by atoms with E-state index < -0.39 is 0 Å². The van der Waals surface area contributed by atoms with Crippen LogP contribution in [0.2, 0.25) is 0 Å². The summed E-state index contributed by atoms with van der Waals surface area (Å²) in [5.41, 5.74) is 4.86. The molecule has 1 aromatic heterocycles. The lowest BCUT2D eigenvalue weighted by atomic mass is 10.1. The van der Waals surface area contributed by atoms with Gasteiger partial charge in [-0.1, -0.05) is 42.5 Å². The van der Waals surface area contributed by atoms with E-state index >= 15 is 0 Å². The number of anilines is 3. The van der Waals surface area contributed by atoms with E-state index in [9.17, 15) is 9.90 Å². The summed E-state index contributed by atoms with van der Waals surface area (Å²) in [6.45, 7) is 1.63. The minimum absolute atomic E-state index is 0.0359. The number of nitrogens with one attached hydrogen (secondary N) is 2. The molecule has 2 amide bonds. The van der Waals surface area contributed by atoms with Gasteiger partial charge in [0, 0.05) is 41.7 Å². The van der Waals surface area contributed by atoms with E-state index in [4.69, 9.17) is 14.7 Å². The van der Waals surface area contributed by atoms with Crippen LogP contribution in [0, 0.1) is 0 Å². The van der Waals surface area contributed by atoms with Crippen LogP contribution in [-0.4, -0.2) is 46.4 Å². The molecule has 6 rings (SSSR count). The SMILES string of the molecule is O=C(Nc1ccc(CO)cc1)Nc1ccc(-c2nc(-c3ccccc3)cc(N3CC4CCC(C3)O4)n2)cc1. The molecule has 8 heteroatoms. The maximum absolute atomic E-state index is 12.5. The largest absolute Gasteiger partial charge is 0.392 e. The highest BCUT2D eigenvalue weighted by Crippen LogP contribution is 2.32. The Bertz CT molecular complexity index is 1400. The number of amides is 2. The fraction of sp³-hybridized carbons (Fsp3) is 0.233. The van der Waals surface area contributed by atoms with E-state index in [1.165, 1.54) is 0 Å². The molecular weight excluding hydrogens is 478 g/mol. The molecule has 0 spiro atoms. The summed E-state index contributed by atoms with van der Waals surface area (Å²) >= 11 is 0. The van der Waals surface area contributed by atoms with E-state index in [0.29, 0.717) is 17.2 Å². The Hall–Kier alpha value is -4.27. The fourth-order valence-corrected chi connectivity index (χ4v) is 4.97. The van der Waals surface area contributed by atoms with E-state index in [1.807, 2.05) is 42.5 Å². The quantitative estimate of drug-likeness (QED) is 0.327. The molecule has 38 heavy (non-hydrogen) atoms. The van der Waals surface area contributed by atoms with Crippen molar-refractivity contribution in [1.82, 2.24) is 9.97 Å². The third-order valence-corrected chi connectivity index (χ3v) is 6.95. The number of aromatic nitrogens is 2. The highest BCUT2D eigenvalue weighted by molar-refractivity contribution is 5.99. The normalized spacial score (nSPS) is 18.3.